The molecule has 0 unspecified atom stereocenters. The van der Waals surface area contributed by atoms with Gasteiger partial charge in [-0.25, -0.2) is 0 Å². The largest absolute Gasteiger partial charge is 0.506 e. The summed E-state index contributed by atoms with van der Waals surface area (Å²) in [6.07, 6.45) is 9.03. The van der Waals surface area contributed by atoms with Gasteiger partial charge in [0.15, 0.2) is 0 Å². The maximum atomic E-state index is 11.8. The summed E-state index contributed by atoms with van der Waals surface area (Å²) < 4.78 is 0. The summed E-state index contributed by atoms with van der Waals surface area (Å²) in [5.41, 5.74) is 0.414. The molecule has 2 rings (SSSR count). The molecule has 1 amide bonds. The molecule has 104 valence electrons. The molecule has 0 bridgehead atoms. The van der Waals surface area contributed by atoms with Crippen molar-refractivity contribution in [1.29, 1.82) is 0 Å². The molecular weight excluding hydrogens is 240 g/mol. The Labute approximate surface area is 114 Å². The minimum atomic E-state index is -0.160. The van der Waals surface area contributed by atoms with Gasteiger partial charge in [0, 0.05) is 12.7 Å². The molecule has 2 N–H and O–H groups in total. The molecular formula is C15H22N2O2. The van der Waals surface area contributed by atoms with E-state index in [0.29, 0.717) is 12.1 Å². The van der Waals surface area contributed by atoms with Crippen LogP contribution in [0.4, 0.5) is 0 Å². The Morgan fingerprint density at radius 1 is 1.37 bits per heavy atom. The number of rotatable bonds is 4. The van der Waals surface area contributed by atoms with E-state index in [1.165, 1.54) is 44.1 Å². The van der Waals surface area contributed by atoms with Crippen LogP contribution in [0.3, 0.4) is 0 Å². The molecule has 4 nitrogen and oxygen atoms in total. The van der Waals surface area contributed by atoms with Gasteiger partial charge in [-0.05, 0) is 24.3 Å². The second kappa shape index (κ2) is 6.55. The second-order valence-corrected chi connectivity index (χ2v) is 5.60. The Hall–Kier alpha value is -1.58. The topological polar surface area (TPSA) is 62.2 Å². The van der Waals surface area contributed by atoms with Crippen LogP contribution in [-0.4, -0.2) is 22.5 Å². The fraction of sp³-hybridized carbons (Fsp3) is 0.600. The van der Waals surface area contributed by atoms with Gasteiger partial charge in [0.2, 0.25) is 0 Å². The number of pyridine rings is 1. The maximum Gasteiger partial charge on any atom is 0.252 e. The number of carbonyl (C=O) groups excluding carboxylic acids is 1. The lowest BCUT2D eigenvalue weighted by atomic mass is 9.81. The van der Waals surface area contributed by atoms with E-state index in [1.807, 2.05) is 0 Å². The van der Waals surface area contributed by atoms with Crippen LogP contribution in [0.5, 0.6) is 5.75 Å². The molecule has 1 aliphatic rings. The minimum Gasteiger partial charge on any atom is -0.506 e. The van der Waals surface area contributed by atoms with E-state index >= 15 is 0 Å². The molecule has 1 heterocycles. The van der Waals surface area contributed by atoms with Crippen molar-refractivity contribution in [2.24, 2.45) is 11.8 Å². The highest BCUT2D eigenvalue weighted by atomic mass is 16.3. The summed E-state index contributed by atoms with van der Waals surface area (Å²) in [5.74, 6) is 1.48. The fourth-order valence-corrected chi connectivity index (χ4v) is 2.66. The molecule has 0 spiro atoms. The van der Waals surface area contributed by atoms with Gasteiger partial charge in [0.05, 0.1) is 11.8 Å². The number of nitrogens with one attached hydrogen (secondary N) is 1. The predicted octanol–water partition coefficient (Wildman–Crippen LogP) is 2.73. The lowest BCUT2D eigenvalue weighted by Gasteiger charge is -2.26. The van der Waals surface area contributed by atoms with Crippen LogP contribution in [0.2, 0.25) is 0 Å². The van der Waals surface area contributed by atoms with Crippen LogP contribution >= 0.6 is 0 Å². The highest BCUT2D eigenvalue weighted by molar-refractivity contribution is 5.94. The van der Waals surface area contributed by atoms with E-state index < -0.39 is 0 Å². The first-order chi connectivity index (χ1) is 9.15. The number of aromatic nitrogens is 1. The number of nitrogens with zero attached hydrogens (tertiary/aromatic N) is 1. The molecule has 0 aliphatic heterocycles. The molecule has 0 radical (unpaired) electrons. The molecule has 1 aromatic heterocycles. The number of carbonyl (C=O) groups is 1. The summed E-state index contributed by atoms with van der Waals surface area (Å²) in [4.78, 5) is 15.6. The number of hydrogen-bond donors (Lipinski definition) is 2. The normalized spacial score (nSPS) is 23.0. The van der Waals surface area contributed by atoms with Gasteiger partial charge in [-0.15, -0.1) is 0 Å². The second-order valence-electron chi connectivity index (χ2n) is 5.60. The molecule has 0 atom stereocenters. The highest BCUT2D eigenvalue weighted by Crippen LogP contribution is 2.29. The molecule has 0 aromatic carbocycles. The van der Waals surface area contributed by atoms with Crippen molar-refractivity contribution >= 4 is 5.91 Å². The zero-order chi connectivity index (χ0) is 13.7. The molecule has 1 aromatic rings. The maximum absolute atomic E-state index is 11.8. The summed E-state index contributed by atoms with van der Waals surface area (Å²) in [6.45, 7) is 3.01. The molecule has 0 saturated heterocycles. The van der Waals surface area contributed by atoms with Crippen molar-refractivity contribution in [3.05, 3.63) is 24.0 Å². The standard InChI is InChI=1S/C15H22N2O2/c1-11-2-4-12(5-3-11)6-7-17-15(19)13-8-14(18)10-16-9-13/h8-12,18H,2-7H2,1H3,(H,17,19). The summed E-state index contributed by atoms with van der Waals surface area (Å²) in [7, 11) is 0. The minimum absolute atomic E-state index is 0.0221. The molecule has 1 aliphatic carbocycles. The third kappa shape index (κ3) is 4.23. The lowest BCUT2D eigenvalue weighted by Crippen LogP contribution is -2.27. The zero-order valence-electron chi connectivity index (χ0n) is 11.4. The first-order valence-corrected chi connectivity index (χ1v) is 7.07. The summed E-state index contributed by atoms with van der Waals surface area (Å²) in [5, 5.41) is 12.2. The van der Waals surface area contributed by atoms with E-state index in [-0.39, 0.29) is 11.7 Å². The number of amides is 1. The fourth-order valence-electron chi connectivity index (χ4n) is 2.66. The van der Waals surface area contributed by atoms with Gasteiger partial charge in [0.1, 0.15) is 5.75 Å². The van der Waals surface area contributed by atoms with Crippen molar-refractivity contribution in [3.8, 4) is 5.75 Å². The molecule has 1 saturated carbocycles. The highest BCUT2D eigenvalue weighted by Gasteiger charge is 2.18. The molecule has 4 heteroatoms. The van der Waals surface area contributed by atoms with Crippen molar-refractivity contribution < 1.29 is 9.90 Å². The number of hydrogen-bond acceptors (Lipinski definition) is 3. The Kier molecular flexibility index (Phi) is 4.77. The van der Waals surface area contributed by atoms with Gasteiger partial charge >= 0.3 is 0 Å². The van der Waals surface area contributed by atoms with Gasteiger partial charge in [-0.3, -0.25) is 9.78 Å². The quantitative estimate of drug-likeness (QED) is 0.877. The van der Waals surface area contributed by atoms with Crippen LogP contribution in [0, 0.1) is 11.8 Å². The Balaban J connectivity index is 1.72. The average Bonchev–Trinajstić information content (AvgIpc) is 2.41. The zero-order valence-corrected chi connectivity index (χ0v) is 11.4. The summed E-state index contributed by atoms with van der Waals surface area (Å²) in [6, 6.07) is 1.44. The third-order valence-electron chi connectivity index (χ3n) is 3.96. The first-order valence-electron chi connectivity index (χ1n) is 7.07. The SMILES string of the molecule is CC1CCC(CCNC(=O)c2cncc(O)c2)CC1. The van der Waals surface area contributed by atoms with E-state index in [1.54, 1.807) is 0 Å². The van der Waals surface area contributed by atoms with Gasteiger partial charge in [-0.2, -0.15) is 0 Å². The van der Waals surface area contributed by atoms with Crippen LogP contribution in [0.25, 0.3) is 0 Å². The lowest BCUT2D eigenvalue weighted by molar-refractivity contribution is 0.0949. The van der Waals surface area contributed by atoms with Gasteiger partial charge in [-0.1, -0.05) is 32.6 Å². The molecule has 19 heavy (non-hydrogen) atoms. The van der Waals surface area contributed by atoms with Crippen molar-refractivity contribution in [2.45, 2.75) is 39.0 Å². The van der Waals surface area contributed by atoms with E-state index in [2.05, 4.69) is 17.2 Å². The van der Waals surface area contributed by atoms with E-state index in [4.69, 9.17) is 0 Å². The summed E-state index contributed by atoms with van der Waals surface area (Å²) >= 11 is 0. The third-order valence-corrected chi connectivity index (χ3v) is 3.96. The van der Waals surface area contributed by atoms with E-state index in [0.717, 1.165) is 18.3 Å². The van der Waals surface area contributed by atoms with Gasteiger partial charge < -0.3 is 10.4 Å². The van der Waals surface area contributed by atoms with Crippen molar-refractivity contribution in [1.82, 2.24) is 10.3 Å². The first kappa shape index (κ1) is 13.8. The van der Waals surface area contributed by atoms with Crippen LogP contribution in [-0.2, 0) is 0 Å². The predicted molar refractivity (Wildman–Crippen MR) is 74.0 cm³/mol. The molecule has 1 fully saturated rings. The van der Waals surface area contributed by atoms with Gasteiger partial charge in [0.25, 0.3) is 5.91 Å². The van der Waals surface area contributed by atoms with Crippen LogP contribution < -0.4 is 5.32 Å². The number of aromatic hydroxyl groups is 1. The van der Waals surface area contributed by atoms with E-state index in [9.17, 15) is 9.90 Å². The van der Waals surface area contributed by atoms with Crippen molar-refractivity contribution in [2.75, 3.05) is 6.54 Å². The monoisotopic (exact) mass is 262 g/mol. The Morgan fingerprint density at radius 2 is 2.11 bits per heavy atom. The Morgan fingerprint density at radius 3 is 2.79 bits per heavy atom. The van der Waals surface area contributed by atoms with Crippen LogP contribution in [0.1, 0.15) is 49.4 Å². The Bertz CT molecular complexity index is 426. The van der Waals surface area contributed by atoms with Crippen LogP contribution in [0.15, 0.2) is 18.5 Å². The average molecular weight is 262 g/mol. The smallest absolute Gasteiger partial charge is 0.252 e. The van der Waals surface area contributed by atoms with Crippen molar-refractivity contribution in [3.63, 3.8) is 0 Å².